The summed E-state index contributed by atoms with van der Waals surface area (Å²) in [5.41, 5.74) is 0.292. The van der Waals surface area contributed by atoms with Crippen molar-refractivity contribution in [2.24, 2.45) is 17.3 Å². The minimum atomic E-state index is -0.515. The van der Waals surface area contributed by atoms with E-state index in [4.69, 9.17) is 5.26 Å². The highest BCUT2D eigenvalue weighted by molar-refractivity contribution is 5.94. The maximum Gasteiger partial charge on any atom is 0.253 e. The van der Waals surface area contributed by atoms with Crippen LogP contribution in [0.3, 0.4) is 0 Å². The number of nitriles is 1. The number of nitrogens with one attached hydrogen (secondary N) is 1. The first-order chi connectivity index (χ1) is 11.4. The number of hydrogen-bond acceptors (Lipinski definition) is 4. The molecule has 126 valence electrons. The molecule has 1 amide bonds. The Labute approximate surface area is 142 Å². The second-order valence-corrected chi connectivity index (χ2v) is 8.29. The standard InChI is InChI=1S/C19H23N3O2/c1-12(22-17(23)15-2-3-16(9-20)21-10-15)18-5-13-4-14(6-18)8-19(24,7-13)11-18/h2-3,10,12-14,24H,4-8,11H2,1H3,(H,22,23). The summed E-state index contributed by atoms with van der Waals surface area (Å²) in [4.78, 5) is 16.5. The molecule has 4 aliphatic carbocycles. The van der Waals surface area contributed by atoms with Crippen LogP contribution in [0.5, 0.6) is 0 Å². The van der Waals surface area contributed by atoms with Gasteiger partial charge in [0.1, 0.15) is 11.8 Å². The first-order valence-electron chi connectivity index (χ1n) is 8.81. The minimum absolute atomic E-state index is 0.0223. The number of aromatic nitrogens is 1. The average Bonchev–Trinajstić information content (AvgIpc) is 2.52. The molecular weight excluding hydrogens is 302 g/mol. The highest BCUT2D eigenvalue weighted by Gasteiger charge is 2.59. The van der Waals surface area contributed by atoms with Crippen LogP contribution in [-0.2, 0) is 0 Å². The van der Waals surface area contributed by atoms with Crippen molar-refractivity contribution < 1.29 is 9.90 Å². The molecule has 3 atom stereocenters. The van der Waals surface area contributed by atoms with Crippen LogP contribution >= 0.6 is 0 Å². The van der Waals surface area contributed by atoms with Crippen LogP contribution in [0.25, 0.3) is 0 Å². The van der Waals surface area contributed by atoms with Gasteiger partial charge in [-0.1, -0.05) is 0 Å². The largest absolute Gasteiger partial charge is 0.390 e. The fourth-order valence-corrected chi connectivity index (χ4v) is 5.82. The summed E-state index contributed by atoms with van der Waals surface area (Å²) < 4.78 is 0. The first-order valence-corrected chi connectivity index (χ1v) is 8.81. The number of pyridine rings is 1. The number of rotatable bonds is 3. The molecule has 3 unspecified atom stereocenters. The molecular formula is C19H23N3O2. The molecule has 24 heavy (non-hydrogen) atoms. The molecule has 5 nitrogen and oxygen atoms in total. The number of amides is 1. The smallest absolute Gasteiger partial charge is 0.253 e. The third kappa shape index (κ3) is 2.50. The molecule has 0 spiro atoms. The quantitative estimate of drug-likeness (QED) is 0.893. The van der Waals surface area contributed by atoms with E-state index in [1.165, 1.54) is 12.6 Å². The molecule has 0 saturated heterocycles. The monoisotopic (exact) mass is 325 g/mol. The van der Waals surface area contributed by atoms with Crippen LogP contribution in [0.1, 0.15) is 61.5 Å². The lowest BCUT2D eigenvalue weighted by Gasteiger charge is -2.62. The van der Waals surface area contributed by atoms with Gasteiger partial charge in [0, 0.05) is 12.2 Å². The van der Waals surface area contributed by atoms with Gasteiger partial charge in [0.2, 0.25) is 0 Å². The second kappa shape index (κ2) is 5.29. The molecule has 0 radical (unpaired) electrons. The maximum absolute atomic E-state index is 12.5. The van der Waals surface area contributed by atoms with Gasteiger partial charge in [-0.05, 0) is 74.8 Å². The number of carbonyl (C=O) groups is 1. The summed E-state index contributed by atoms with van der Waals surface area (Å²) in [5, 5.41) is 22.8. The number of carbonyl (C=O) groups excluding carboxylic acids is 1. The van der Waals surface area contributed by atoms with Crippen molar-refractivity contribution in [3.63, 3.8) is 0 Å². The Morgan fingerprint density at radius 3 is 2.62 bits per heavy atom. The Bertz CT molecular complexity index is 692. The van der Waals surface area contributed by atoms with Crippen molar-refractivity contribution >= 4 is 5.91 Å². The molecule has 1 aromatic heterocycles. The van der Waals surface area contributed by atoms with Crippen LogP contribution in [0.15, 0.2) is 18.3 Å². The van der Waals surface area contributed by atoms with Crippen molar-refractivity contribution in [3.05, 3.63) is 29.6 Å². The zero-order chi connectivity index (χ0) is 16.9. The molecule has 1 heterocycles. The van der Waals surface area contributed by atoms with Crippen molar-refractivity contribution in [2.45, 2.75) is 57.1 Å². The van der Waals surface area contributed by atoms with Crippen molar-refractivity contribution in [1.29, 1.82) is 5.26 Å². The normalized spacial score (nSPS) is 37.7. The SMILES string of the molecule is CC(NC(=O)c1ccc(C#N)nc1)C12CC3CC(CC(O)(C3)C1)C2. The Morgan fingerprint density at radius 1 is 1.38 bits per heavy atom. The molecule has 0 aromatic carbocycles. The van der Waals surface area contributed by atoms with E-state index in [-0.39, 0.29) is 17.4 Å². The Balaban J connectivity index is 1.50. The van der Waals surface area contributed by atoms with Gasteiger partial charge in [0.05, 0.1) is 11.2 Å². The molecule has 4 fully saturated rings. The third-order valence-corrected chi connectivity index (χ3v) is 6.48. The van der Waals surface area contributed by atoms with Crippen LogP contribution < -0.4 is 5.32 Å². The van der Waals surface area contributed by atoms with Gasteiger partial charge in [-0.2, -0.15) is 5.26 Å². The van der Waals surface area contributed by atoms with Crippen LogP contribution in [-0.4, -0.2) is 27.6 Å². The topological polar surface area (TPSA) is 86.0 Å². The van der Waals surface area contributed by atoms with Crippen molar-refractivity contribution in [2.75, 3.05) is 0 Å². The van der Waals surface area contributed by atoms with E-state index in [9.17, 15) is 9.90 Å². The van der Waals surface area contributed by atoms with Gasteiger partial charge < -0.3 is 10.4 Å². The van der Waals surface area contributed by atoms with Gasteiger partial charge >= 0.3 is 0 Å². The summed E-state index contributed by atoms with van der Waals surface area (Å²) in [6.07, 6.45) is 7.59. The molecule has 5 rings (SSSR count). The van der Waals surface area contributed by atoms with E-state index in [1.807, 2.05) is 6.07 Å². The molecule has 4 bridgehead atoms. The van der Waals surface area contributed by atoms with Gasteiger partial charge in [0.15, 0.2) is 0 Å². The third-order valence-electron chi connectivity index (χ3n) is 6.48. The van der Waals surface area contributed by atoms with Gasteiger partial charge in [0.25, 0.3) is 5.91 Å². The second-order valence-electron chi connectivity index (χ2n) is 8.29. The van der Waals surface area contributed by atoms with E-state index in [1.54, 1.807) is 12.1 Å². The zero-order valence-corrected chi connectivity index (χ0v) is 14.0. The van der Waals surface area contributed by atoms with E-state index < -0.39 is 5.60 Å². The highest BCUT2D eigenvalue weighted by atomic mass is 16.3. The summed E-state index contributed by atoms with van der Waals surface area (Å²) in [5.74, 6) is 1.06. The molecule has 4 aliphatic rings. The van der Waals surface area contributed by atoms with Gasteiger partial charge in [-0.15, -0.1) is 0 Å². The van der Waals surface area contributed by atoms with Crippen LogP contribution in [0, 0.1) is 28.6 Å². The molecule has 1 aromatic rings. The lowest BCUT2D eigenvalue weighted by molar-refractivity contribution is -0.171. The Kier molecular flexibility index (Phi) is 3.43. The Hall–Kier alpha value is -1.93. The van der Waals surface area contributed by atoms with Crippen LogP contribution in [0.2, 0.25) is 0 Å². The molecule has 0 aliphatic heterocycles. The predicted molar refractivity (Wildman–Crippen MR) is 87.9 cm³/mol. The van der Waals surface area contributed by atoms with E-state index in [2.05, 4.69) is 17.2 Å². The molecule has 4 saturated carbocycles. The number of hydrogen-bond donors (Lipinski definition) is 2. The van der Waals surface area contributed by atoms with E-state index >= 15 is 0 Å². The van der Waals surface area contributed by atoms with Crippen LogP contribution in [0.4, 0.5) is 0 Å². The average molecular weight is 325 g/mol. The van der Waals surface area contributed by atoms with E-state index in [0.29, 0.717) is 23.1 Å². The highest BCUT2D eigenvalue weighted by Crippen LogP contribution is 2.62. The first kappa shape index (κ1) is 15.6. The lowest BCUT2D eigenvalue weighted by atomic mass is 9.46. The van der Waals surface area contributed by atoms with Gasteiger partial charge in [-0.3, -0.25) is 4.79 Å². The summed E-state index contributed by atoms with van der Waals surface area (Å²) >= 11 is 0. The summed E-state index contributed by atoms with van der Waals surface area (Å²) in [6.45, 7) is 2.07. The number of nitrogens with zero attached hydrogens (tertiary/aromatic N) is 2. The van der Waals surface area contributed by atoms with Crippen molar-refractivity contribution in [3.8, 4) is 6.07 Å². The minimum Gasteiger partial charge on any atom is -0.390 e. The van der Waals surface area contributed by atoms with E-state index in [0.717, 1.165) is 32.1 Å². The summed E-state index contributed by atoms with van der Waals surface area (Å²) in [7, 11) is 0. The Morgan fingerprint density at radius 2 is 2.08 bits per heavy atom. The zero-order valence-electron chi connectivity index (χ0n) is 14.0. The fourth-order valence-electron chi connectivity index (χ4n) is 5.82. The number of aliphatic hydroxyl groups is 1. The molecule has 2 N–H and O–H groups in total. The summed E-state index contributed by atoms with van der Waals surface area (Å²) in [6, 6.07) is 5.18. The maximum atomic E-state index is 12.5. The van der Waals surface area contributed by atoms with Crippen molar-refractivity contribution in [1.82, 2.24) is 10.3 Å². The predicted octanol–water partition coefficient (Wildman–Crippen LogP) is 2.40. The van der Waals surface area contributed by atoms with Gasteiger partial charge in [-0.25, -0.2) is 4.98 Å². The molecule has 5 heteroatoms. The fraction of sp³-hybridized carbons (Fsp3) is 0.632. The lowest BCUT2D eigenvalue weighted by Crippen LogP contribution is -2.61.